The molecule has 1 rings (SSSR count). The van der Waals surface area contributed by atoms with Crippen molar-refractivity contribution in [2.75, 3.05) is 0 Å². The zero-order chi connectivity index (χ0) is 19.2. The first-order valence-corrected chi connectivity index (χ1v) is 11.2. The van der Waals surface area contributed by atoms with Gasteiger partial charge in [0, 0.05) is 0 Å². The van der Waals surface area contributed by atoms with Gasteiger partial charge in [-0.25, -0.2) is 9.59 Å². The predicted octanol–water partition coefficient (Wildman–Crippen LogP) is 3.27. The van der Waals surface area contributed by atoms with Gasteiger partial charge in [0.1, 0.15) is 15.6 Å². The van der Waals surface area contributed by atoms with Crippen LogP contribution in [0.4, 0.5) is 4.79 Å². The molecule has 0 bridgehead atoms. The number of carboxylic acids is 1. The molecule has 0 spiro atoms. The molecule has 2 atom stereocenters. The van der Waals surface area contributed by atoms with Crippen LogP contribution in [0.15, 0.2) is 30.3 Å². The van der Waals surface area contributed by atoms with Crippen LogP contribution in [0.1, 0.15) is 33.3 Å². The van der Waals surface area contributed by atoms with Crippen LogP contribution in [0.2, 0.25) is 13.1 Å². The predicted molar refractivity (Wildman–Crippen MR) is 99.1 cm³/mol. The molecule has 0 aliphatic carbocycles. The molecule has 25 heavy (non-hydrogen) atoms. The lowest BCUT2D eigenvalue weighted by Crippen LogP contribution is -2.57. The Morgan fingerprint density at radius 1 is 1.20 bits per heavy atom. The van der Waals surface area contributed by atoms with Crippen molar-refractivity contribution in [3.8, 4) is 0 Å². The van der Waals surface area contributed by atoms with E-state index in [1.165, 1.54) is 4.57 Å². The van der Waals surface area contributed by atoms with Gasteiger partial charge in [-0.05, 0) is 33.3 Å². The molecule has 0 fully saturated rings. The highest BCUT2D eigenvalue weighted by Crippen LogP contribution is 2.19. The van der Waals surface area contributed by atoms with Crippen molar-refractivity contribution in [3.05, 3.63) is 35.9 Å². The van der Waals surface area contributed by atoms with E-state index in [9.17, 15) is 14.7 Å². The molecule has 0 saturated carbocycles. The number of benzene rings is 1. The maximum absolute atomic E-state index is 12.6. The van der Waals surface area contributed by atoms with Crippen molar-refractivity contribution in [1.29, 1.82) is 0 Å². The van der Waals surface area contributed by atoms with E-state index in [-0.39, 0.29) is 6.61 Å². The van der Waals surface area contributed by atoms with Crippen LogP contribution in [-0.4, -0.2) is 48.4 Å². The molecule has 7 heteroatoms. The Bertz CT molecular complexity index is 571. The zero-order valence-corrected chi connectivity index (χ0v) is 17.0. The monoisotopic (exact) mass is 367 g/mol. The Morgan fingerprint density at radius 3 is 2.20 bits per heavy atom. The van der Waals surface area contributed by atoms with Crippen molar-refractivity contribution in [1.82, 2.24) is 4.57 Å². The van der Waals surface area contributed by atoms with E-state index < -0.39 is 38.8 Å². The number of hydrogen-bond donors (Lipinski definition) is 1. The van der Waals surface area contributed by atoms with Crippen LogP contribution in [0.5, 0.6) is 0 Å². The van der Waals surface area contributed by atoms with Crippen LogP contribution in [0.3, 0.4) is 0 Å². The maximum Gasteiger partial charge on any atom is 0.402 e. The average Bonchev–Trinajstić information content (AvgIpc) is 2.48. The minimum Gasteiger partial charge on any atom is -0.480 e. The van der Waals surface area contributed by atoms with Crippen LogP contribution in [0, 0.1) is 0 Å². The summed E-state index contributed by atoms with van der Waals surface area (Å²) in [5.74, 6) is -1.09. The van der Waals surface area contributed by atoms with E-state index in [1.807, 2.05) is 64.2 Å². The lowest BCUT2D eigenvalue weighted by molar-refractivity contribution is -0.151. The molecular formula is C18H29NO5Si. The largest absolute Gasteiger partial charge is 0.480 e. The summed E-state index contributed by atoms with van der Waals surface area (Å²) in [5.41, 5.74) is 0.345. The number of nitrogens with zero attached hydrogens (tertiary/aromatic N) is 1. The van der Waals surface area contributed by atoms with Crippen molar-refractivity contribution >= 4 is 21.0 Å². The molecule has 6 nitrogen and oxygen atoms in total. The van der Waals surface area contributed by atoms with Gasteiger partial charge in [0.2, 0.25) is 0 Å². The van der Waals surface area contributed by atoms with Gasteiger partial charge in [0.25, 0.3) is 0 Å². The standard InChI is InChI=1S/C18H29NO5Si/c1-13(24-18(2,3)4)15(16(20)21)19(25(5)6)17(22)23-12-14-10-8-7-9-11-14/h7-11,13,15,25H,12H2,1-6H3,(H,20,21)/t13-,15+/m1/s1. The van der Waals surface area contributed by atoms with Crippen molar-refractivity contribution < 1.29 is 24.2 Å². The first kappa shape index (κ1) is 21.2. The molecule has 0 radical (unpaired) electrons. The lowest BCUT2D eigenvalue weighted by Gasteiger charge is -2.37. The van der Waals surface area contributed by atoms with Crippen LogP contribution >= 0.6 is 0 Å². The Kier molecular flexibility index (Phi) is 7.63. The number of carboxylic acid groups (broad SMARTS) is 1. The summed E-state index contributed by atoms with van der Waals surface area (Å²) in [6.07, 6.45) is -1.26. The second-order valence-electron chi connectivity index (χ2n) is 7.26. The fourth-order valence-electron chi connectivity index (χ4n) is 2.61. The first-order chi connectivity index (χ1) is 11.5. The van der Waals surface area contributed by atoms with Gasteiger partial charge in [-0.2, -0.15) is 0 Å². The van der Waals surface area contributed by atoms with Crippen molar-refractivity contribution in [2.45, 2.75) is 65.1 Å². The number of rotatable bonds is 7. The van der Waals surface area contributed by atoms with E-state index in [2.05, 4.69) is 0 Å². The van der Waals surface area contributed by atoms with Crippen LogP contribution in [-0.2, 0) is 20.9 Å². The fraction of sp³-hybridized carbons (Fsp3) is 0.556. The summed E-state index contributed by atoms with van der Waals surface area (Å²) < 4.78 is 12.5. The molecule has 1 aromatic rings. The third-order valence-corrected chi connectivity index (χ3v) is 5.15. The molecule has 1 N–H and O–H groups in total. The molecule has 0 aliphatic heterocycles. The molecular weight excluding hydrogens is 338 g/mol. The highest BCUT2D eigenvalue weighted by Gasteiger charge is 2.39. The molecule has 0 aliphatic rings. The number of carbonyl (C=O) groups excluding carboxylic acids is 1. The van der Waals surface area contributed by atoms with E-state index >= 15 is 0 Å². The molecule has 1 amide bonds. The summed E-state index contributed by atoms with van der Waals surface area (Å²) in [5, 5.41) is 9.69. The summed E-state index contributed by atoms with van der Waals surface area (Å²) in [6, 6.07) is 8.23. The van der Waals surface area contributed by atoms with E-state index in [1.54, 1.807) is 6.92 Å². The van der Waals surface area contributed by atoms with E-state index in [4.69, 9.17) is 9.47 Å². The highest BCUT2D eigenvalue weighted by atomic mass is 28.3. The van der Waals surface area contributed by atoms with Gasteiger partial charge in [-0.15, -0.1) is 0 Å². The van der Waals surface area contributed by atoms with Gasteiger partial charge in [0.15, 0.2) is 6.04 Å². The quantitative estimate of drug-likeness (QED) is 0.749. The van der Waals surface area contributed by atoms with Gasteiger partial charge >= 0.3 is 12.1 Å². The molecule has 1 aromatic carbocycles. The fourth-order valence-corrected chi connectivity index (χ4v) is 4.12. The number of ether oxygens (including phenoxy) is 2. The van der Waals surface area contributed by atoms with E-state index in [0.717, 1.165) is 5.56 Å². The lowest BCUT2D eigenvalue weighted by atomic mass is 10.1. The number of aliphatic carboxylic acids is 1. The minimum absolute atomic E-state index is 0.109. The molecule has 0 aromatic heterocycles. The molecule has 140 valence electrons. The first-order valence-electron chi connectivity index (χ1n) is 8.42. The summed E-state index contributed by atoms with van der Waals surface area (Å²) in [7, 11) is -1.81. The number of carbonyl (C=O) groups is 2. The maximum atomic E-state index is 12.6. The zero-order valence-electron chi connectivity index (χ0n) is 15.9. The average molecular weight is 368 g/mol. The Hall–Kier alpha value is -1.86. The smallest absolute Gasteiger partial charge is 0.402 e. The number of amides is 1. The number of hydrogen-bond acceptors (Lipinski definition) is 4. The van der Waals surface area contributed by atoms with Crippen LogP contribution in [0.25, 0.3) is 0 Å². The topological polar surface area (TPSA) is 76.1 Å². The third kappa shape index (κ3) is 6.87. The van der Waals surface area contributed by atoms with Gasteiger partial charge in [0.05, 0.1) is 11.7 Å². The Balaban J connectivity index is 2.92. The highest BCUT2D eigenvalue weighted by molar-refractivity contribution is 6.55. The van der Waals surface area contributed by atoms with Gasteiger partial charge in [-0.1, -0.05) is 43.4 Å². The summed E-state index contributed by atoms with van der Waals surface area (Å²) >= 11 is 0. The SMILES string of the molecule is C[C@@H](OC(C)(C)C)[C@@H](C(=O)O)N(C(=O)OCc1ccccc1)[SiH](C)C. The van der Waals surface area contributed by atoms with Crippen molar-refractivity contribution in [3.63, 3.8) is 0 Å². The van der Waals surface area contributed by atoms with Crippen LogP contribution < -0.4 is 0 Å². The van der Waals surface area contributed by atoms with Crippen molar-refractivity contribution in [2.24, 2.45) is 0 Å². The summed E-state index contributed by atoms with van der Waals surface area (Å²) in [6.45, 7) is 11.1. The second kappa shape index (κ2) is 9.01. The normalized spacial score (nSPS) is 14.0. The second-order valence-corrected chi connectivity index (χ2v) is 10.0. The van der Waals surface area contributed by atoms with E-state index in [0.29, 0.717) is 0 Å². The minimum atomic E-state index is -1.81. The van der Waals surface area contributed by atoms with Gasteiger partial charge in [-0.3, -0.25) is 0 Å². The van der Waals surface area contributed by atoms with Gasteiger partial charge < -0.3 is 19.1 Å². The Morgan fingerprint density at radius 2 is 1.76 bits per heavy atom. The third-order valence-electron chi connectivity index (χ3n) is 3.51. The molecule has 0 unspecified atom stereocenters. The molecule has 0 heterocycles. The molecule has 0 saturated heterocycles. The Labute approximate surface area is 151 Å². The summed E-state index contributed by atoms with van der Waals surface area (Å²) in [4.78, 5) is 24.4.